The fraction of sp³-hybridized carbons (Fsp3) is 0.467. The van der Waals surface area contributed by atoms with Crippen LogP contribution in [0.25, 0.3) is 0 Å². The molecule has 1 N–H and O–H groups in total. The molecule has 0 saturated heterocycles. The van der Waals surface area contributed by atoms with Crippen LogP contribution in [0.15, 0.2) is 18.2 Å². The molecule has 0 saturated carbocycles. The molecular weight excluding hydrogens is 290 g/mol. The smallest absolute Gasteiger partial charge is 0.332 e. The van der Waals surface area contributed by atoms with Crippen molar-refractivity contribution in [2.24, 2.45) is 0 Å². The Morgan fingerprint density at radius 3 is 2.73 bits per heavy atom. The maximum absolute atomic E-state index is 12.0. The summed E-state index contributed by atoms with van der Waals surface area (Å²) in [5.74, 6) is 0.207. The van der Waals surface area contributed by atoms with E-state index in [1.807, 2.05) is 0 Å². The first kappa shape index (κ1) is 16.1. The predicted molar refractivity (Wildman–Crippen MR) is 78.1 cm³/mol. The van der Waals surface area contributed by atoms with Crippen LogP contribution in [0.5, 0.6) is 11.5 Å². The van der Waals surface area contributed by atoms with E-state index in [0.717, 1.165) is 0 Å². The monoisotopic (exact) mass is 309 g/mol. The van der Waals surface area contributed by atoms with Crippen LogP contribution in [0.2, 0.25) is 0 Å². The van der Waals surface area contributed by atoms with Crippen LogP contribution in [-0.4, -0.2) is 44.4 Å². The van der Waals surface area contributed by atoms with E-state index in [9.17, 15) is 9.59 Å². The fourth-order valence-corrected chi connectivity index (χ4v) is 1.84. The largest absolute Gasteiger partial charge is 0.486 e. The maximum Gasteiger partial charge on any atom is 0.332 e. The van der Waals surface area contributed by atoms with Gasteiger partial charge in [-0.3, -0.25) is 4.79 Å². The van der Waals surface area contributed by atoms with Gasteiger partial charge in [0, 0.05) is 18.4 Å². The Bertz CT molecular complexity index is 545. The number of fused-ring (bicyclic) bond motifs is 1. The summed E-state index contributed by atoms with van der Waals surface area (Å²) >= 11 is 0. The standard InChI is InChI=1S/C15H19NO6/c1-3-19-9-14(17)22-10(2)15(18)16-11-4-5-12-13(8-11)21-7-6-20-12/h4-5,8,10H,3,6-7,9H2,1-2H3,(H,16,18). The number of amides is 1. The third-order valence-electron chi connectivity index (χ3n) is 2.91. The Morgan fingerprint density at radius 2 is 2.00 bits per heavy atom. The van der Waals surface area contributed by atoms with Crippen LogP contribution in [0, 0.1) is 0 Å². The average Bonchev–Trinajstić information content (AvgIpc) is 2.52. The van der Waals surface area contributed by atoms with E-state index >= 15 is 0 Å². The third-order valence-corrected chi connectivity index (χ3v) is 2.91. The summed E-state index contributed by atoms with van der Waals surface area (Å²) in [5, 5.41) is 2.66. The van der Waals surface area contributed by atoms with Crippen LogP contribution >= 0.6 is 0 Å². The van der Waals surface area contributed by atoms with Crippen molar-refractivity contribution in [1.82, 2.24) is 0 Å². The van der Waals surface area contributed by atoms with Crippen molar-refractivity contribution in [2.45, 2.75) is 20.0 Å². The zero-order valence-corrected chi connectivity index (χ0v) is 12.6. The van der Waals surface area contributed by atoms with Crippen LogP contribution < -0.4 is 14.8 Å². The molecule has 2 rings (SSSR count). The van der Waals surface area contributed by atoms with Gasteiger partial charge in [0.15, 0.2) is 17.6 Å². The highest BCUT2D eigenvalue weighted by atomic mass is 16.6. The van der Waals surface area contributed by atoms with Gasteiger partial charge in [0.25, 0.3) is 5.91 Å². The number of nitrogens with one attached hydrogen (secondary N) is 1. The molecule has 7 heteroatoms. The quantitative estimate of drug-likeness (QED) is 0.799. The van der Waals surface area contributed by atoms with Gasteiger partial charge in [0.05, 0.1) is 0 Å². The van der Waals surface area contributed by atoms with Crippen molar-refractivity contribution in [1.29, 1.82) is 0 Å². The number of rotatable bonds is 6. The minimum Gasteiger partial charge on any atom is -0.486 e. The molecule has 1 heterocycles. The lowest BCUT2D eigenvalue weighted by Crippen LogP contribution is -2.31. The maximum atomic E-state index is 12.0. The molecule has 1 atom stereocenters. The highest BCUT2D eigenvalue weighted by Crippen LogP contribution is 2.32. The number of anilines is 1. The first-order chi connectivity index (χ1) is 10.6. The number of carbonyl (C=O) groups excluding carboxylic acids is 2. The van der Waals surface area contributed by atoms with Crippen molar-refractivity contribution in [3.8, 4) is 11.5 Å². The molecule has 0 fully saturated rings. The van der Waals surface area contributed by atoms with Gasteiger partial charge in [-0.15, -0.1) is 0 Å². The molecule has 1 aromatic rings. The summed E-state index contributed by atoms with van der Waals surface area (Å²) in [7, 11) is 0. The van der Waals surface area contributed by atoms with Crippen molar-refractivity contribution in [3.63, 3.8) is 0 Å². The van der Waals surface area contributed by atoms with E-state index in [4.69, 9.17) is 18.9 Å². The lowest BCUT2D eigenvalue weighted by Gasteiger charge is -2.19. The van der Waals surface area contributed by atoms with E-state index < -0.39 is 18.0 Å². The summed E-state index contributed by atoms with van der Waals surface area (Å²) in [4.78, 5) is 23.4. The van der Waals surface area contributed by atoms with E-state index in [1.165, 1.54) is 6.92 Å². The first-order valence-corrected chi connectivity index (χ1v) is 7.08. The molecule has 1 aliphatic rings. The Balaban J connectivity index is 1.89. The van der Waals surface area contributed by atoms with Gasteiger partial charge in [-0.2, -0.15) is 0 Å². The molecule has 1 aromatic carbocycles. The zero-order valence-electron chi connectivity index (χ0n) is 12.6. The molecule has 22 heavy (non-hydrogen) atoms. The second-order valence-corrected chi connectivity index (χ2v) is 4.62. The van der Waals surface area contributed by atoms with Gasteiger partial charge in [0.1, 0.15) is 19.8 Å². The number of ether oxygens (including phenoxy) is 4. The van der Waals surface area contributed by atoms with E-state index in [0.29, 0.717) is 37.0 Å². The molecule has 1 amide bonds. The normalized spacial score (nSPS) is 14.1. The highest BCUT2D eigenvalue weighted by molar-refractivity contribution is 5.95. The topological polar surface area (TPSA) is 83.1 Å². The summed E-state index contributed by atoms with van der Waals surface area (Å²) in [5.41, 5.74) is 0.543. The molecule has 120 valence electrons. The van der Waals surface area contributed by atoms with E-state index in [1.54, 1.807) is 25.1 Å². The van der Waals surface area contributed by atoms with Crippen molar-refractivity contribution < 1.29 is 28.5 Å². The van der Waals surface area contributed by atoms with Crippen molar-refractivity contribution >= 4 is 17.6 Å². The number of benzene rings is 1. The highest BCUT2D eigenvalue weighted by Gasteiger charge is 2.19. The summed E-state index contributed by atoms with van der Waals surface area (Å²) in [6.45, 7) is 4.48. The van der Waals surface area contributed by atoms with Crippen LogP contribution in [0.4, 0.5) is 5.69 Å². The van der Waals surface area contributed by atoms with Gasteiger partial charge < -0.3 is 24.3 Å². The van der Waals surface area contributed by atoms with Crippen LogP contribution in [0.1, 0.15) is 13.8 Å². The summed E-state index contributed by atoms with van der Waals surface area (Å²) in [6, 6.07) is 5.08. The SMILES string of the molecule is CCOCC(=O)OC(C)C(=O)Nc1ccc2c(c1)OCCO2. The Hall–Kier alpha value is -2.28. The van der Waals surface area contributed by atoms with E-state index in [-0.39, 0.29) is 6.61 Å². The van der Waals surface area contributed by atoms with Crippen molar-refractivity contribution in [2.75, 3.05) is 31.7 Å². The lowest BCUT2D eigenvalue weighted by atomic mass is 10.2. The Kier molecular flexibility index (Phi) is 5.60. The number of esters is 1. The molecule has 0 spiro atoms. The Morgan fingerprint density at radius 1 is 1.27 bits per heavy atom. The molecule has 1 unspecified atom stereocenters. The van der Waals surface area contributed by atoms with Gasteiger partial charge >= 0.3 is 5.97 Å². The summed E-state index contributed by atoms with van der Waals surface area (Å²) in [6.07, 6.45) is -0.916. The number of hydrogen-bond acceptors (Lipinski definition) is 6. The molecule has 0 aliphatic carbocycles. The minimum atomic E-state index is -0.916. The third kappa shape index (κ3) is 4.36. The summed E-state index contributed by atoms with van der Waals surface area (Å²) < 4.78 is 20.7. The Labute approximate surface area is 128 Å². The minimum absolute atomic E-state index is 0.169. The number of carbonyl (C=O) groups is 2. The second-order valence-electron chi connectivity index (χ2n) is 4.62. The second kappa shape index (κ2) is 7.65. The fourth-order valence-electron chi connectivity index (χ4n) is 1.84. The van der Waals surface area contributed by atoms with Crippen LogP contribution in [0.3, 0.4) is 0 Å². The molecular formula is C15H19NO6. The first-order valence-electron chi connectivity index (χ1n) is 7.08. The molecule has 7 nitrogen and oxygen atoms in total. The molecule has 1 aliphatic heterocycles. The zero-order chi connectivity index (χ0) is 15.9. The van der Waals surface area contributed by atoms with Gasteiger partial charge in [-0.05, 0) is 26.0 Å². The van der Waals surface area contributed by atoms with Gasteiger partial charge in [-0.1, -0.05) is 0 Å². The average molecular weight is 309 g/mol. The molecule has 0 radical (unpaired) electrons. The molecule has 0 bridgehead atoms. The van der Waals surface area contributed by atoms with Crippen LogP contribution in [-0.2, 0) is 19.1 Å². The van der Waals surface area contributed by atoms with Crippen molar-refractivity contribution in [3.05, 3.63) is 18.2 Å². The lowest BCUT2D eigenvalue weighted by molar-refractivity contribution is -0.157. The van der Waals surface area contributed by atoms with Gasteiger partial charge in [-0.25, -0.2) is 4.79 Å². The van der Waals surface area contributed by atoms with E-state index in [2.05, 4.69) is 5.32 Å². The number of hydrogen-bond donors (Lipinski definition) is 1. The van der Waals surface area contributed by atoms with Gasteiger partial charge in [0.2, 0.25) is 0 Å². The molecule has 0 aromatic heterocycles. The predicted octanol–water partition coefficient (Wildman–Crippen LogP) is 1.36.